The van der Waals surface area contributed by atoms with Crippen molar-refractivity contribution in [1.82, 2.24) is 10.6 Å². The summed E-state index contributed by atoms with van der Waals surface area (Å²) in [6.45, 7) is 11.7. The Morgan fingerprint density at radius 2 is 1.80 bits per heavy atom. The highest BCUT2D eigenvalue weighted by molar-refractivity contribution is 5.67. The van der Waals surface area contributed by atoms with Crippen LogP contribution in [0.4, 0.5) is 4.79 Å². The normalized spacial score (nSPS) is 15.1. The third-order valence-corrected chi connectivity index (χ3v) is 2.98. The van der Waals surface area contributed by atoms with E-state index in [0.29, 0.717) is 13.1 Å². The maximum absolute atomic E-state index is 11.3. The third-order valence-electron chi connectivity index (χ3n) is 2.98. The summed E-state index contributed by atoms with van der Waals surface area (Å²) in [5, 5.41) is 15.2. The van der Waals surface area contributed by atoms with Gasteiger partial charge < -0.3 is 20.5 Å². The molecule has 20 heavy (non-hydrogen) atoms. The number of ether oxygens (including phenoxy) is 1. The lowest BCUT2D eigenvalue weighted by atomic mass is 9.89. The van der Waals surface area contributed by atoms with Gasteiger partial charge in [-0.3, -0.25) is 0 Å². The predicted molar refractivity (Wildman–Crippen MR) is 81.7 cm³/mol. The third kappa shape index (κ3) is 9.81. The van der Waals surface area contributed by atoms with Crippen molar-refractivity contribution >= 4 is 6.09 Å². The van der Waals surface area contributed by atoms with E-state index < -0.39 is 11.7 Å². The van der Waals surface area contributed by atoms with Gasteiger partial charge in [-0.2, -0.15) is 0 Å². The van der Waals surface area contributed by atoms with Crippen LogP contribution in [-0.4, -0.2) is 43.0 Å². The van der Waals surface area contributed by atoms with Gasteiger partial charge in [0.1, 0.15) is 5.60 Å². The summed E-state index contributed by atoms with van der Waals surface area (Å²) in [5.74, 6) is 0. The molecule has 118 valence electrons. The van der Waals surface area contributed by atoms with Crippen LogP contribution in [0.3, 0.4) is 0 Å². The number of carbonyl (C=O) groups is 1. The molecule has 0 fully saturated rings. The first-order valence-electron chi connectivity index (χ1n) is 7.16. The number of rotatable bonds is 8. The molecule has 0 aliphatic carbocycles. The summed E-state index contributed by atoms with van der Waals surface area (Å²) in [5.41, 5.74) is -0.535. The molecular weight excluding hydrogens is 256 g/mol. The Labute approximate surface area is 122 Å². The molecule has 1 atom stereocenters. The molecule has 0 aromatic carbocycles. The molecule has 5 heteroatoms. The van der Waals surface area contributed by atoms with Crippen LogP contribution in [0, 0.1) is 5.41 Å². The molecule has 5 nitrogen and oxygen atoms in total. The van der Waals surface area contributed by atoms with Crippen molar-refractivity contribution in [1.29, 1.82) is 0 Å². The topological polar surface area (TPSA) is 70.6 Å². The number of hydrogen-bond acceptors (Lipinski definition) is 4. The summed E-state index contributed by atoms with van der Waals surface area (Å²) in [4.78, 5) is 11.3. The SMILES string of the molecule is CCC(C)(CO)CNC/C=C/CNC(=O)OC(C)(C)C. The minimum absolute atomic E-state index is 0.0669. The fourth-order valence-electron chi connectivity index (χ4n) is 1.37. The fraction of sp³-hybridized carbons (Fsp3) is 0.800. The van der Waals surface area contributed by atoms with E-state index in [4.69, 9.17) is 4.74 Å². The molecule has 0 heterocycles. The van der Waals surface area contributed by atoms with Crippen molar-refractivity contribution in [3.05, 3.63) is 12.2 Å². The van der Waals surface area contributed by atoms with Gasteiger partial charge in [-0.1, -0.05) is 26.0 Å². The minimum atomic E-state index is -0.468. The second-order valence-electron chi connectivity index (χ2n) is 6.31. The van der Waals surface area contributed by atoms with Crippen LogP contribution in [0.5, 0.6) is 0 Å². The molecular formula is C15H30N2O3. The fourth-order valence-corrected chi connectivity index (χ4v) is 1.37. The monoisotopic (exact) mass is 286 g/mol. The minimum Gasteiger partial charge on any atom is -0.444 e. The van der Waals surface area contributed by atoms with E-state index in [1.807, 2.05) is 39.8 Å². The maximum atomic E-state index is 11.3. The quantitative estimate of drug-likeness (QED) is 0.472. The number of nitrogens with one attached hydrogen (secondary N) is 2. The second kappa shape index (κ2) is 8.97. The molecule has 1 unspecified atom stereocenters. The Bertz CT molecular complexity index is 305. The lowest BCUT2D eigenvalue weighted by molar-refractivity contribution is 0.0534. The van der Waals surface area contributed by atoms with Crippen LogP contribution in [0.25, 0.3) is 0 Å². The van der Waals surface area contributed by atoms with Gasteiger partial charge in [-0.05, 0) is 27.2 Å². The van der Waals surface area contributed by atoms with Crippen LogP contribution in [0.2, 0.25) is 0 Å². The van der Waals surface area contributed by atoms with Crippen LogP contribution < -0.4 is 10.6 Å². The summed E-state index contributed by atoms with van der Waals surface area (Å²) >= 11 is 0. The molecule has 0 spiro atoms. The molecule has 0 saturated carbocycles. The molecule has 0 rings (SSSR count). The first-order valence-corrected chi connectivity index (χ1v) is 7.16. The zero-order valence-electron chi connectivity index (χ0n) is 13.5. The molecule has 0 aliphatic rings. The smallest absolute Gasteiger partial charge is 0.407 e. The molecule has 0 saturated heterocycles. The molecule has 0 aromatic heterocycles. The largest absolute Gasteiger partial charge is 0.444 e. The van der Waals surface area contributed by atoms with E-state index in [1.54, 1.807) is 0 Å². The number of aliphatic hydroxyl groups excluding tert-OH is 1. The van der Waals surface area contributed by atoms with Crippen LogP contribution in [0.15, 0.2) is 12.2 Å². The summed E-state index contributed by atoms with van der Waals surface area (Å²) in [6, 6.07) is 0. The van der Waals surface area contributed by atoms with Crippen molar-refractivity contribution in [3.63, 3.8) is 0 Å². The highest BCUT2D eigenvalue weighted by Gasteiger charge is 2.19. The van der Waals surface area contributed by atoms with Gasteiger partial charge in [0.25, 0.3) is 0 Å². The number of alkyl carbamates (subject to hydrolysis) is 1. The zero-order valence-corrected chi connectivity index (χ0v) is 13.5. The number of carbonyl (C=O) groups excluding carboxylic acids is 1. The average Bonchev–Trinajstić information content (AvgIpc) is 2.35. The van der Waals surface area contributed by atoms with Crippen molar-refractivity contribution in [2.45, 2.75) is 46.6 Å². The molecule has 0 bridgehead atoms. The van der Waals surface area contributed by atoms with Crippen LogP contribution in [-0.2, 0) is 4.74 Å². The standard InChI is InChI=1S/C15H30N2O3/c1-6-15(5,12-18)11-16-9-7-8-10-17-13(19)20-14(2,3)4/h7-8,16,18H,6,9-12H2,1-5H3,(H,17,19)/b8-7+. The lowest BCUT2D eigenvalue weighted by Crippen LogP contribution is -2.34. The number of aliphatic hydroxyl groups is 1. The van der Waals surface area contributed by atoms with Gasteiger partial charge >= 0.3 is 6.09 Å². The van der Waals surface area contributed by atoms with E-state index in [1.165, 1.54) is 0 Å². The maximum Gasteiger partial charge on any atom is 0.407 e. The molecule has 3 N–H and O–H groups in total. The Balaban J connectivity index is 3.71. The van der Waals surface area contributed by atoms with Crippen LogP contribution in [0.1, 0.15) is 41.0 Å². The first kappa shape index (κ1) is 18.9. The van der Waals surface area contributed by atoms with E-state index in [0.717, 1.165) is 13.0 Å². The van der Waals surface area contributed by atoms with Gasteiger partial charge in [0.15, 0.2) is 0 Å². The van der Waals surface area contributed by atoms with Crippen molar-refractivity contribution in [2.24, 2.45) is 5.41 Å². The highest BCUT2D eigenvalue weighted by atomic mass is 16.6. The van der Waals surface area contributed by atoms with Gasteiger partial charge in [0.05, 0.1) is 0 Å². The molecule has 1 amide bonds. The Hall–Kier alpha value is -1.07. The van der Waals surface area contributed by atoms with Crippen LogP contribution >= 0.6 is 0 Å². The first-order chi connectivity index (χ1) is 9.22. The molecule has 0 aliphatic heterocycles. The summed E-state index contributed by atoms with van der Waals surface area (Å²) in [7, 11) is 0. The second-order valence-corrected chi connectivity index (χ2v) is 6.31. The zero-order chi connectivity index (χ0) is 15.6. The highest BCUT2D eigenvalue weighted by Crippen LogP contribution is 2.17. The lowest BCUT2D eigenvalue weighted by Gasteiger charge is -2.25. The molecule has 0 aromatic rings. The van der Waals surface area contributed by atoms with Gasteiger partial charge in [-0.15, -0.1) is 0 Å². The summed E-state index contributed by atoms with van der Waals surface area (Å²) in [6.07, 6.45) is 4.35. The number of hydrogen-bond donors (Lipinski definition) is 3. The number of amides is 1. The Kier molecular flexibility index (Phi) is 8.49. The van der Waals surface area contributed by atoms with E-state index in [9.17, 15) is 9.90 Å². The van der Waals surface area contributed by atoms with Crippen molar-refractivity contribution in [2.75, 3.05) is 26.2 Å². The Morgan fingerprint density at radius 1 is 1.20 bits per heavy atom. The van der Waals surface area contributed by atoms with E-state index >= 15 is 0 Å². The average molecular weight is 286 g/mol. The van der Waals surface area contributed by atoms with Gasteiger partial charge in [0.2, 0.25) is 0 Å². The predicted octanol–water partition coefficient (Wildman–Crippen LogP) is 2.07. The van der Waals surface area contributed by atoms with E-state index in [2.05, 4.69) is 17.6 Å². The van der Waals surface area contributed by atoms with Crippen molar-refractivity contribution < 1.29 is 14.6 Å². The van der Waals surface area contributed by atoms with Gasteiger partial charge in [-0.25, -0.2) is 4.79 Å². The van der Waals surface area contributed by atoms with Crippen molar-refractivity contribution in [3.8, 4) is 0 Å². The Morgan fingerprint density at radius 3 is 2.30 bits per heavy atom. The van der Waals surface area contributed by atoms with Gasteiger partial charge in [0, 0.05) is 31.7 Å². The van der Waals surface area contributed by atoms with E-state index in [-0.39, 0.29) is 12.0 Å². The molecule has 0 radical (unpaired) electrons. The summed E-state index contributed by atoms with van der Waals surface area (Å²) < 4.78 is 5.11.